The molecule has 2 atom stereocenters. The van der Waals surface area contributed by atoms with E-state index in [9.17, 15) is 17.6 Å². The fourth-order valence-corrected chi connectivity index (χ4v) is 6.22. The van der Waals surface area contributed by atoms with E-state index in [4.69, 9.17) is 15.2 Å². The third kappa shape index (κ3) is 3.58. The summed E-state index contributed by atoms with van der Waals surface area (Å²) in [7, 11) is -2.37. The summed E-state index contributed by atoms with van der Waals surface area (Å²) < 4.78 is 49.9. The minimum absolute atomic E-state index is 0.00333. The average molecular weight is 463 g/mol. The molecular formula is C20H22FN5O5S. The van der Waals surface area contributed by atoms with E-state index >= 15 is 0 Å². The lowest BCUT2D eigenvalue weighted by atomic mass is 9.92. The topological polar surface area (TPSA) is 146 Å². The number of carbonyl (C=O) groups is 1. The molecule has 12 heteroatoms. The Morgan fingerprint density at radius 1 is 1.28 bits per heavy atom. The minimum Gasteiger partial charge on any atom is -0.480 e. The van der Waals surface area contributed by atoms with E-state index in [0.717, 1.165) is 6.07 Å². The van der Waals surface area contributed by atoms with Crippen LogP contribution >= 0.6 is 0 Å². The molecule has 0 bridgehead atoms. The zero-order valence-electron chi connectivity index (χ0n) is 17.5. The van der Waals surface area contributed by atoms with Gasteiger partial charge in [0.1, 0.15) is 17.2 Å². The van der Waals surface area contributed by atoms with Crippen molar-refractivity contribution in [1.29, 1.82) is 0 Å². The number of ether oxygens (including phenoxy) is 2. The highest BCUT2D eigenvalue weighted by Crippen LogP contribution is 2.41. The zero-order chi connectivity index (χ0) is 23.1. The van der Waals surface area contributed by atoms with Crippen molar-refractivity contribution in [3.8, 4) is 5.88 Å². The first kappa shape index (κ1) is 22.1. The molecule has 1 spiro atoms. The predicted octanol–water partition coefficient (Wildman–Crippen LogP) is 1.04. The van der Waals surface area contributed by atoms with Crippen LogP contribution in [0.15, 0.2) is 35.3 Å². The number of amidine groups is 1. The number of sulfone groups is 1. The standard InChI is InChI=1S/C20H22FN5O5S/c1-19(11-32(28,29)20(18(22)24-19)7-8-31-10-20)13-9-12(3-4-14(13)21)23-17(27)15-5-6-16(30-2)26-25-15/h3-6,9H,7-8,10-11H2,1-2H3,(H2,22,24)(H,23,27)/t19-,20?/m0/s1. The summed E-state index contributed by atoms with van der Waals surface area (Å²) >= 11 is 0. The van der Waals surface area contributed by atoms with Gasteiger partial charge in [0.2, 0.25) is 5.88 Å². The molecule has 1 aromatic heterocycles. The summed E-state index contributed by atoms with van der Waals surface area (Å²) in [6, 6.07) is 6.74. The summed E-state index contributed by atoms with van der Waals surface area (Å²) in [5.74, 6) is -1.53. The van der Waals surface area contributed by atoms with Gasteiger partial charge >= 0.3 is 0 Å². The second-order valence-corrected chi connectivity index (χ2v) is 10.2. The number of aromatic nitrogens is 2. The van der Waals surface area contributed by atoms with Crippen LogP contribution in [-0.4, -0.2) is 61.2 Å². The van der Waals surface area contributed by atoms with Crippen molar-refractivity contribution in [3.63, 3.8) is 0 Å². The highest BCUT2D eigenvalue weighted by molar-refractivity contribution is 7.93. The van der Waals surface area contributed by atoms with Crippen LogP contribution in [0.1, 0.15) is 29.4 Å². The number of nitrogens with zero attached hydrogens (tertiary/aromatic N) is 3. The number of anilines is 1. The van der Waals surface area contributed by atoms with Crippen LogP contribution in [0.4, 0.5) is 10.1 Å². The molecule has 2 aliphatic heterocycles. The smallest absolute Gasteiger partial charge is 0.276 e. The maximum absolute atomic E-state index is 14.8. The van der Waals surface area contributed by atoms with Gasteiger partial charge in [-0.2, -0.15) is 0 Å². The molecule has 1 amide bonds. The largest absolute Gasteiger partial charge is 0.480 e. The SMILES string of the molecule is COc1ccc(C(=O)Nc2ccc(F)c([C@]3(C)CS(=O)(=O)C4(CCOC4)C(N)=N3)c2)nn1. The van der Waals surface area contributed by atoms with Gasteiger partial charge in [0.05, 0.1) is 19.5 Å². The summed E-state index contributed by atoms with van der Waals surface area (Å²) in [5, 5.41) is 10.1. The Morgan fingerprint density at radius 3 is 2.66 bits per heavy atom. The van der Waals surface area contributed by atoms with Gasteiger partial charge in [0.15, 0.2) is 20.3 Å². The van der Waals surface area contributed by atoms with Crippen LogP contribution in [0.2, 0.25) is 0 Å². The Hall–Kier alpha value is -3.12. The molecule has 0 aliphatic carbocycles. The van der Waals surface area contributed by atoms with Crippen molar-refractivity contribution in [2.45, 2.75) is 23.6 Å². The fourth-order valence-electron chi connectivity index (χ4n) is 3.96. The first-order chi connectivity index (χ1) is 15.1. The van der Waals surface area contributed by atoms with Gasteiger partial charge in [-0.15, -0.1) is 10.2 Å². The van der Waals surface area contributed by atoms with Gasteiger partial charge in [-0.05, 0) is 37.6 Å². The first-order valence-electron chi connectivity index (χ1n) is 9.75. The maximum atomic E-state index is 14.8. The fraction of sp³-hybridized carbons (Fsp3) is 0.400. The van der Waals surface area contributed by atoms with Crippen molar-refractivity contribution in [3.05, 3.63) is 47.4 Å². The Balaban J connectivity index is 1.66. The summed E-state index contributed by atoms with van der Waals surface area (Å²) in [6.45, 7) is 1.69. The second-order valence-electron chi connectivity index (χ2n) is 7.94. The van der Waals surface area contributed by atoms with Crippen LogP contribution < -0.4 is 15.8 Å². The van der Waals surface area contributed by atoms with Gasteiger partial charge in [-0.25, -0.2) is 12.8 Å². The van der Waals surface area contributed by atoms with E-state index in [-0.39, 0.29) is 48.3 Å². The number of hydrogen-bond acceptors (Lipinski definition) is 9. The molecule has 170 valence electrons. The number of benzene rings is 1. The maximum Gasteiger partial charge on any atom is 0.276 e. The summed E-state index contributed by atoms with van der Waals surface area (Å²) in [6.07, 6.45) is 0.211. The average Bonchev–Trinajstić information content (AvgIpc) is 3.26. The number of carbonyl (C=O) groups excluding carboxylic acids is 1. The van der Waals surface area contributed by atoms with Crippen molar-refractivity contribution in [1.82, 2.24) is 10.2 Å². The van der Waals surface area contributed by atoms with Gasteiger partial charge in [-0.3, -0.25) is 9.79 Å². The summed E-state index contributed by atoms with van der Waals surface area (Å²) in [4.78, 5) is 16.9. The van der Waals surface area contributed by atoms with Crippen molar-refractivity contribution in [2.24, 2.45) is 10.7 Å². The number of rotatable bonds is 4. The van der Waals surface area contributed by atoms with Gasteiger partial charge in [-0.1, -0.05) is 0 Å². The molecule has 1 unspecified atom stereocenters. The van der Waals surface area contributed by atoms with E-state index in [2.05, 4.69) is 20.5 Å². The molecule has 0 radical (unpaired) electrons. The second kappa shape index (κ2) is 7.78. The van der Waals surface area contributed by atoms with Gasteiger partial charge in [0.25, 0.3) is 5.91 Å². The Labute approximate surface area is 183 Å². The number of amides is 1. The van der Waals surface area contributed by atoms with Crippen LogP contribution in [0.25, 0.3) is 0 Å². The van der Waals surface area contributed by atoms with Crippen LogP contribution in [-0.2, 0) is 20.1 Å². The van der Waals surface area contributed by atoms with Crippen molar-refractivity contribution < 1.29 is 27.1 Å². The Morgan fingerprint density at radius 2 is 2.06 bits per heavy atom. The molecular weight excluding hydrogens is 441 g/mol. The van der Waals surface area contributed by atoms with E-state index in [0.29, 0.717) is 0 Å². The molecule has 2 aromatic rings. The third-order valence-corrected chi connectivity index (χ3v) is 8.44. The molecule has 32 heavy (non-hydrogen) atoms. The molecule has 1 aromatic carbocycles. The number of hydrogen-bond donors (Lipinski definition) is 2. The molecule has 4 rings (SSSR count). The van der Waals surface area contributed by atoms with Crippen LogP contribution in [0.5, 0.6) is 5.88 Å². The minimum atomic E-state index is -3.79. The Bertz CT molecular complexity index is 1200. The molecule has 2 aliphatic rings. The number of nitrogens with two attached hydrogens (primary N) is 1. The van der Waals surface area contributed by atoms with Gasteiger partial charge < -0.3 is 20.5 Å². The third-order valence-electron chi connectivity index (χ3n) is 5.77. The molecule has 3 heterocycles. The van der Waals surface area contributed by atoms with Crippen molar-refractivity contribution in [2.75, 3.05) is 31.4 Å². The molecule has 10 nitrogen and oxygen atoms in total. The van der Waals surface area contributed by atoms with E-state index < -0.39 is 37.6 Å². The molecule has 3 N–H and O–H groups in total. The lowest BCUT2D eigenvalue weighted by Gasteiger charge is -2.39. The lowest BCUT2D eigenvalue weighted by Crippen LogP contribution is -2.58. The van der Waals surface area contributed by atoms with E-state index in [1.807, 2.05) is 0 Å². The normalized spacial score (nSPS) is 26.5. The lowest BCUT2D eigenvalue weighted by molar-refractivity contribution is 0.102. The Kier molecular flexibility index (Phi) is 5.37. The molecule has 1 fully saturated rings. The monoisotopic (exact) mass is 463 g/mol. The number of nitrogens with one attached hydrogen (secondary N) is 1. The first-order valence-corrected chi connectivity index (χ1v) is 11.4. The van der Waals surface area contributed by atoms with E-state index in [1.54, 1.807) is 0 Å². The molecule has 1 saturated heterocycles. The van der Waals surface area contributed by atoms with Crippen LogP contribution in [0, 0.1) is 5.82 Å². The predicted molar refractivity (Wildman–Crippen MR) is 114 cm³/mol. The van der Waals surface area contributed by atoms with Crippen molar-refractivity contribution >= 4 is 27.3 Å². The highest BCUT2D eigenvalue weighted by Gasteiger charge is 2.57. The van der Waals surface area contributed by atoms with E-state index in [1.165, 1.54) is 38.3 Å². The quantitative estimate of drug-likeness (QED) is 0.684. The molecule has 0 saturated carbocycles. The highest BCUT2D eigenvalue weighted by atomic mass is 32.2. The number of methoxy groups -OCH3 is 1. The number of aliphatic imine (C=N–C) groups is 1. The van der Waals surface area contributed by atoms with Crippen LogP contribution in [0.3, 0.4) is 0 Å². The number of halogens is 1. The summed E-state index contributed by atoms with van der Waals surface area (Å²) in [5.41, 5.74) is 4.89. The van der Waals surface area contributed by atoms with Gasteiger partial charge in [0, 0.05) is 23.9 Å². The zero-order valence-corrected chi connectivity index (χ0v) is 18.3.